The third kappa shape index (κ3) is 2.50. The summed E-state index contributed by atoms with van der Waals surface area (Å²) in [5.41, 5.74) is 0. The predicted molar refractivity (Wildman–Crippen MR) is 81.8 cm³/mol. The third-order valence-corrected chi connectivity index (χ3v) is 5.39. The molecule has 1 N–H and O–H groups in total. The zero-order valence-corrected chi connectivity index (χ0v) is 13.2. The summed E-state index contributed by atoms with van der Waals surface area (Å²) < 4.78 is 0. The van der Waals surface area contributed by atoms with Crippen molar-refractivity contribution in [3.05, 3.63) is 21.9 Å². The number of thiophene rings is 1. The molecule has 110 valence electrons. The molecule has 2 saturated heterocycles. The van der Waals surface area contributed by atoms with Gasteiger partial charge in [-0.25, -0.2) is 0 Å². The van der Waals surface area contributed by atoms with Crippen molar-refractivity contribution in [2.24, 2.45) is 0 Å². The van der Waals surface area contributed by atoms with Crippen molar-refractivity contribution in [2.75, 3.05) is 20.1 Å². The van der Waals surface area contributed by atoms with Crippen molar-refractivity contribution < 1.29 is 4.79 Å². The number of carbonyl (C=O) groups excluding carboxylic acids is 1. The molecule has 2 aliphatic rings. The van der Waals surface area contributed by atoms with Crippen LogP contribution in [0.5, 0.6) is 0 Å². The number of nitrogens with zero attached hydrogens (tertiary/aromatic N) is 2. The van der Waals surface area contributed by atoms with Crippen molar-refractivity contribution in [3.63, 3.8) is 0 Å². The molecule has 3 atom stereocenters. The molecule has 3 heterocycles. The second-order valence-electron chi connectivity index (χ2n) is 6.04. The smallest absolute Gasteiger partial charge is 0.241 e. The van der Waals surface area contributed by atoms with Gasteiger partial charge in [-0.1, -0.05) is 0 Å². The fraction of sp³-hybridized carbons (Fsp3) is 0.667. The Hall–Kier alpha value is -0.910. The fourth-order valence-corrected chi connectivity index (χ4v) is 4.25. The number of carbonyl (C=O) groups is 1. The van der Waals surface area contributed by atoms with Gasteiger partial charge >= 0.3 is 0 Å². The molecule has 4 nitrogen and oxygen atoms in total. The zero-order chi connectivity index (χ0) is 14.3. The Morgan fingerprint density at radius 3 is 2.85 bits per heavy atom. The summed E-state index contributed by atoms with van der Waals surface area (Å²) in [7, 11) is 2.15. The highest BCUT2D eigenvalue weighted by atomic mass is 32.1. The van der Waals surface area contributed by atoms with Crippen molar-refractivity contribution in [2.45, 2.75) is 44.9 Å². The van der Waals surface area contributed by atoms with E-state index in [1.807, 2.05) is 6.92 Å². The van der Waals surface area contributed by atoms with Gasteiger partial charge < -0.3 is 9.80 Å². The first-order valence-electron chi connectivity index (χ1n) is 7.39. The molecule has 0 bridgehead atoms. The molecule has 1 aromatic rings. The number of aryl methyl sites for hydroxylation is 1. The summed E-state index contributed by atoms with van der Waals surface area (Å²) in [4.78, 5) is 19.5. The molecule has 0 spiro atoms. The Morgan fingerprint density at radius 1 is 1.40 bits per heavy atom. The van der Waals surface area contributed by atoms with E-state index in [1.165, 1.54) is 16.2 Å². The number of rotatable bonds is 2. The quantitative estimate of drug-likeness (QED) is 0.905. The number of amides is 1. The maximum absolute atomic E-state index is 12.6. The second kappa shape index (κ2) is 5.47. The number of hydrogen-bond acceptors (Lipinski definition) is 4. The lowest BCUT2D eigenvalue weighted by molar-refractivity contribution is -0.133. The van der Waals surface area contributed by atoms with E-state index in [4.69, 9.17) is 0 Å². The first kappa shape index (κ1) is 14.0. The van der Waals surface area contributed by atoms with E-state index in [0.717, 1.165) is 19.5 Å². The first-order valence-corrected chi connectivity index (χ1v) is 8.21. The molecular formula is C15H23N3OS. The molecule has 0 radical (unpaired) electrons. The largest absolute Gasteiger partial charge is 0.316 e. The van der Waals surface area contributed by atoms with Crippen LogP contribution in [0.3, 0.4) is 0 Å². The molecule has 1 amide bonds. The summed E-state index contributed by atoms with van der Waals surface area (Å²) in [6.07, 6.45) is 2.36. The SMILES string of the molecule is Cc1ccc(C2NC(C)C(=O)N2C2CCCN(C)C2)s1. The molecule has 0 saturated carbocycles. The maximum Gasteiger partial charge on any atom is 0.241 e. The van der Waals surface area contributed by atoms with Gasteiger partial charge in [-0.05, 0) is 52.4 Å². The topological polar surface area (TPSA) is 35.6 Å². The first-order chi connectivity index (χ1) is 9.56. The highest BCUT2D eigenvalue weighted by Crippen LogP contribution is 2.33. The van der Waals surface area contributed by atoms with Crippen LogP contribution in [0, 0.1) is 6.92 Å². The summed E-state index contributed by atoms with van der Waals surface area (Å²) in [5, 5.41) is 3.46. The van der Waals surface area contributed by atoms with Crippen molar-refractivity contribution in [1.29, 1.82) is 0 Å². The summed E-state index contributed by atoms with van der Waals surface area (Å²) in [5.74, 6) is 0.251. The number of likely N-dealkylation sites (tertiary alicyclic amines) is 1. The summed E-state index contributed by atoms with van der Waals surface area (Å²) >= 11 is 1.79. The molecular weight excluding hydrogens is 270 g/mol. The Balaban J connectivity index is 1.86. The van der Waals surface area contributed by atoms with Gasteiger partial charge in [0.2, 0.25) is 5.91 Å². The van der Waals surface area contributed by atoms with Crippen LogP contribution in [0.2, 0.25) is 0 Å². The molecule has 2 fully saturated rings. The molecule has 2 aliphatic heterocycles. The van der Waals surface area contributed by atoms with Gasteiger partial charge in [-0.3, -0.25) is 10.1 Å². The molecule has 0 aliphatic carbocycles. The summed E-state index contributed by atoms with van der Waals surface area (Å²) in [6.45, 7) is 6.22. The minimum atomic E-state index is -0.0744. The van der Waals surface area contributed by atoms with Crippen molar-refractivity contribution in [3.8, 4) is 0 Å². The van der Waals surface area contributed by atoms with Gasteiger partial charge in [0.05, 0.1) is 6.04 Å². The maximum atomic E-state index is 12.6. The van der Waals surface area contributed by atoms with Gasteiger partial charge in [0.1, 0.15) is 6.17 Å². The number of piperidine rings is 1. The van der Waals surface area contributed by atoms with E-state index in [2.05, 4.69) is 41.2 Å². The Morgan fingerprint density at radius 2 is 2.20 bits per heavy atom. The lowest BCUT2D eigenvalue weighted by Gasteiger charge is -2.38. The van der Waals surface area contributed by atoms with E-state index in [0.29, 0.717) is 6.04 Å². The average molecular weight is 293 g/mol. The van der Waals surface area contributed by atoms with E-state index in [9.17, 15) is 4.79 Å². The Bertz CT molecular complexity index is 501. The number of nitrogens with one attached hydrogen (secondary N) is 1. The van der Waals surface area contributed by atoms with Crippen LogP contribution in [0.25, 0.3) is 0 Å². The van der Waals surface area contributed by atoms with Gasteiger partial charge in [-0.2, -0.15) is 0 Å². The number of likely N-dealkylation sites (N-methyl/N-ethyl adjacent to an activating group) is 1. The predicted octanol–water partition coefficient (Wildman–Crippen LogP) is 1.97. The minimum Gasteiger partial charge on any atom is -0.316 e. The van der Waals surface area contributed by atoms with Crippen molar-refractivity contribution >= 4 is 17.2 Å². The Labute approximate surface area is 124 Å². The highest BCUT2D eigenvalue weighted by Gasteiger charge is 2.42. The molecule has 5 heteroatoms. The minimum absolute atomic E-state index is 0.0627. The number of hydrogen-bond donors (Lipinski definition) is 1. The molecule has 3 rings (SSSR count). The molecule has 0 aromatic carbocycles. The van der Waals surface area contributed by atoms with Crippen molar-refractivity contribution in [1.82, 2.24) is 15.1 Å². The lowest BCUT2D eigenvalue weighted by atomic mass is 10.0. The van der Waals surface area contributed by atoms with Crippen LogP contribution in [0.1, 0.15) is 35.7 Å². The molecule has 1 aromatic heterocycles. The van der Waals surface area contributed by atoms with E-state index in [-0.39, 0.29) is 18.1 Å². The van der Waals surface area contributed by atoms with Crippen LogP contribution in [-0.4, -0.2) is 47.9 Å². The Kier molecular flexibility index (Phi) is 3.84. The van der Waals surface area contributed by atoms with Crippen LogP contribution in [0.15, 0.2) is 12.1 Å². The standard InChI is InChI=1S/C15H23N3OS/c1-10-6-7-13(20-10)14-16-11(2)15(19)18(14)12-5-4-8-17(3)9-12/h6-7,11-12,14,16H,4-5,8-9H2,1-3H3. The van der Waals surface area contributed by atoms with Crippen LogP contribution >= 0.6 is 11.3 Å². The lowest BCUT2D eigenvalue weighted by Crippen LogP contribution is -2.48. The second-order valence-corrected chi connectivity index (χ2v) is 7.36. The average Bonchev–Trinajstić information content (AvgIpc) is 2.95. The monoisotopic (exact) mass is 293 g/mol. The van der Waals surface area contributed by atoms with Crippen LogP contribution < -0.4 is 5.32 Å². The van der Waals surface area contributed by atoms with Gasteiger partial charge in [0.25, 0.3) is 0 Å². The van der Waals surface area contributed by atoms with E-state index < -0.39 is 0 Å². The fourth-order valence-electron chi connectivity index (χ4n) is 3.32. The van der Waals surface area contributed by atoms with Gasteiger partial charge in [0.15, 0.2) is 0 Å². The third-order valence-electron chi connectivity index (χ3n) is 4.33. The van der Waals surface area contributed by atoms with Crippen LogP contribution in [0.4, 0.5) is 0 Å². The van der Waals surface area contributed by atoms with E-state index in [1.54, 1.807) is 11.3 Å². The zero-order valence-electron chi connectivity index (χ0n) is 12.4. The molecule has 20 heavy (non-hydrogen) atoms. The molecule has 3 unspecified atom stereocenters. The van der Waals surface area contributed by atoms with Gasteiger partial charge in [-0.15, -0.1) is 11.3 Å². The van der Waals surface area contributed by atoms with E-state index >= 15 is 0 Å². The highest BCUT2D eigenvalue weighted by molar-refractivity contribution is 7.12. The summed E-state index contributed by atoms with van der Waals surface area (Å²) in [6, 6.07) is 4.56. The van der Waals surface area contributed by atoms with Crippen LogP contribution in [-0.2, 0) is 4.79 Å². The normalized spacial score (nSPS) is 32.0. The van der Waals surface area contributed by atoms with Gasteiger partial charge in [0, 0.05) is 22.3 Å².